The molecule has 5 nitrogen and oxygen atoms in total. The monoisotopic (exact) mass is 457 g/mol. The first-order valence-electron chi connectivity index (χ1n) is 9.59. The maximum Gasteiger partial charge on any atom is 0.258 e. The van der Waals surface area contributed by atoms with Crippen molar-refractivity contribution in [2.75, 3.05) is 5.32 Å². The lowest BCUT2D eigenvalue weighted by Gasteiger charge is -2.18. The molecule has 30 heavy (non-hydrogen) atoms. The molecule has 1 atom stereocenters. The van der Waals surface area contributed by atoms with Gasteiger partial charge in [0.15, 0.2) is 5.11 Å². The lowest BCUT2D eigenvalue weighted by atomic mass is 9.88. The van der Waals surface area contributed by atoms with Crippen LogP contribution in [0.5, 0.6) is 0 Å². The summed E-state index contributed by atoms with van der Waals surface area (Å²) in [5.74, 6) is -0.270. The Morgan fingerprint density at radius 3 is 2.70 bits per heavy atom. The Morgan fingerprint density at radius 1 is 1.20 bits per heavy atom. The quantitative estimate of drug-likeness (QED) is 0.488. The highest BCUT2D eigenvalue weighted by molar-refractivity contribution is 7.80. The third-order valence-corrected chi connectivity index (χ3v) is 7.03. The first kappa shape index (κ1) is 20.8. The summed E-state index contributed by atoms with van der Waals surface area (Å²) >= 11 is 13.1. The van der Waals surface area contributed by atoms with E-state index in [4.69, 9.17) is 29.6 Å². The van der Waals surface area contributed by atoms with Gasteiger partial charge in [-0.05, 0) is 60.5 Å². The summed E-state index contributed by atoms with van der Waals surface area (Å²) in [6, 6.07) is 10.8. The number of benzene rings is 2. The molecule has 3 aromatic rings. The van der Waals surface area contributed by atoms with Crippen LogP contribution in [0.2, 0.25) is 5.02 Å². The van der Waals surface area contributed by atoms with E-state index in [2.05, 4.69) is 17.6 Å². The van der Waals surface area contributed by atoms with Gasteiger partial charge in [0.25, 0.3) is 11.8 Å². The van der Waals surface area contributed by atoms with Crippen molar-refractivity contribution in [3.8, 4) is 0 Å². The second-order valence-electron chi connectivity index (χ2n) is 7.47. The number of anilines is 1. The van der Waals surface area contributed by atoms with E-state index in [9.17, 15) is 9.59 Å². The molecule has 154 valence electrons. The first-order chi connectivity index (χ1) is 14.3. The van der Waals surface area contributed by atoms with Crippen LogP contribution in [0.4, 0.5) is 5.00 Å². The molecule has 0 aliphatic heterocycles. The lowest BCUT2D eigenvalue weighted by molar-refractivity contribution is 0.0977. The van der Waals surface area contributed by atoms with Gasteiger partial charge in [-0.15, -0.1) is 11.3 Å². The third kappa shape index (κ3) is 3.93. The van der Waals surface area contributed by atoms with Crippen molar-refractivity contribution < 1.29 is 9.59 Å². The SMILES string of the molecule is CC1CCc2c(sc(NC(=S)NC(=O)c3cccc4c(Cl)cccc34)c2C(N)=O)C1. The number of hydrogen-bond acceptors (Lipinski definition) is 4. The molecule has 2 aromatic carbocycles. The van der Waals surface area contributed by atoms with Crippen LogP contribution >= 0.6 is 35.2 Å². The second-order valence-corrected chi connectivity index (χ2v) is 9.39. The molecule has 0 spiro atoms. The minimum atomic E-state index is -0.484. The smallest absolute Gasteiger partial charge is 0.258 e. The standard InChI is InChI=1S/C22H20ClN3O2S2/c1-11-8-9-15-17(10-11)30-21(18(15)19(24)27)26-22(29)25-20(28)14-6-2-5-13-12(14)4-3-7-16(13)23/h2-7,11H,8-10H2,1H3,(H2,24,27)(H2,25,26,28,29). The van der Waals surface area contributed by atoms with Gasteiger partial charge in [0, 0.05) is 20.8 Å². The minimum absolute atomic E-state index is 0.119. The van der Waals surface area contributed by atoms with Crippen molar-refractivity contribution in [1.29, 1.82) is 0 Å². The highest BCUT2D eigenvalue weighted by Crippen LogP contribution is 2.39. The number of rotatable bonds is 3. The van der Waals surface area contributed by atoms with Crippen molar-refractivity contribution in [2.24, 2.45) is 11.7 Å². The summed E-state index contributed by atoms with van der Waals surface area (Å²) < 4.78 is 0. The minimum Gasteiger partial charge on any atom is -0.365 e. The van der Waals surface area contributed by atoms with E-state index in [1.54, 1.807) is 24.3 Å². The predicted molar refractivity (Wildman–Crippen MR) is 127 cm³/mol. The Bertz CT molecular complexity index is 1190. The molecule has 4 rings (SSSR count). The fourth-order valence-corrected chi connectivity index (χ4v) is 5.79. The van der Waals surface area contributed by atoms with Crippen LogP contribution in [0.15, 0.2) is 36.4 Å². The molecular formula is C22H20ClN3O2S2. The maximum atomic E-state index is 12.9. The number of thiophene rings is 1. The summed E-state index contributed by atoms with van der Waals surface area (Å²) in [5, 5.41) is 8.54. The summed E-state index contributed by atoms with van der Waals surface area (Å²) in [6.45, 7) is 2.20. The molecule has 4 N–H and O–H groups in total. The highest BCUT2D eigenvalue weighted by atomic mass is 35.5. The zero-order valence-electron chi connectivity index (χ0n) is 16.3. The maximum absolute atomic E-state index is 12.9. The number of amides is 2. The Balaban J connectivity index is 1.57. The normalized spacial score (nSPS) is 15.5. The predicted octanol–water partition coefficient (Wildman–Crippen LogP) is 4.91. The Kier molecular flexibility index (Phi) is 5.77. The van der Waals surface area contributed by atoms with Crippen molar-refractivity contribution in [1.82, 2.24) is 5.32 Å². The highest BCUT2D eigenvalue weighted by Gasteiger charge is 2.27. The number of hydrogen-bond donors (Lipinski definition) is 3. The fraction of sp³-hybridized carbons (Fsp3) is 0.227. The van der Waals surface area contributed by atoms with Gasteiger partial charge in [-0.1, -0.05) is 42.8 Å². The fourth-order valence-electron chi connectivity index (χ4n) is 3.87. The number of carbonyl (C=O) groups excluding carboxylic acids is 2. The van der Waals surface area contributed by atoms with E-state index < -0.39 is 5.91 Å². The molecule has 1 unspecified atom stereocenters. The van der Waals surface area contributed by atoms with Gasteiger partial charge in [-0.2, -0.15) is 0 Å². The van der Waals surface area contributed by atoms with Crippen LogP contribution < -0.4 is 16.4 Å². The van der Waals surface area contributed by atoms with Crippen molar-refractivity contribution in [3.63, 3.8) is 0 Å². The summed E-state index contributed by atoms with van der Waals surface area (Å²) in [5.41, 5.74) is 7.60. The Morgan fingerprint density at radius 2 is 1.93 bits per heavy atom. The molecule has 0 saturated heterocycles. The van der Waals surface area contributed by atoms with Crippen LogP contribution in [0, 0.1) is 5.92 Å². The van der Waals surface area contributed by atoms with Gasteiger partial charge in [-0.3, -0.25) is 14.9 Å². The number of fused-ring (bicyclic) bond motifs is 2. The van der Waals surface area contributed by atoms with E-state index in [1.165, 1.54) is 11.3 Å². The van der Waals surface area contributed by atoms with Gasteiger partial charge < -0.3 is 11.1 Å². The van der Waals surface area contributed by atoms with Crippen LogP contribution in [-0.4, -0.2) is 16.9 Å². The van der Waals surface area contributed by atoms with Gasteiger partial charge in [0.05, 0.1) is 5.56 Å². The number of thiocarbonyl (C=S) groups is 1. The van der Waals surface area contributed by atoms with E-state index in [0.29, 0.717) is 27.1 Å². The molecule has 1 aliphatic carbocycles. The Labute approximate surface area is 188 Å². The van der Waals surface area contributed by atoms with Gasteiger partial charge in [-0.25, -0.2) is 0 Å². The van der Waals surface area contributed by atoms with E-state index in [1.807, 2.05) is 12.1 Å². The molecule has 0 fully saturated rings. The number of nitrogens with two attached hydrogens (primary N) is 1. The summed E-state index contributed by atoms with van der Waals surface area (Å²) in [6.07, 6.45) is 2.76. The topological polar surface area (TPSA) is 84.2 Å². The molecular weight excluding hydrogens is 438 g/mol. The molecule has 1 heterocycles. The summed E-state index contributed by atoms with van der Waals surface area (Å²) in [7, 11) is 0. The molecule has 2 amide bonds. The van der Waals surface area contributed by atoms with Crippen molar-refractivity contribution in [2.45, 2.75) is 26.2 Å². The van der Waals surface area contributed by atoms with Crippen molar-refractivity contribution in [3.05, 3.63) is 63.0 Å². The van der Waals surface area contributed by atoms with Crippen LogP contribution in [0.25, 0.3) is 10.8 Å². The molecule has 8 heteroatoms. The second kappa shape index (κ2) is 8.34. The van der Waals surface area contributed by atoms with E-state index in [-0.39, 0.29) is 11.0 Å². The van der Waals surface area contributed by atoms with Crippen LogP contribution in [-0.2, 0) is 12.8 Å². The zero-order chi connectivity index (χ0) is 21.4. The van der Waals surface area contributed by atoms with E-state index in [0.717, 1.165) is 40.5 Å². The molecule has 0 saturated carbocycles. The zero-order valence-corrected chi connectivity index (χ0v) is 18.6. The molecule has 0 bridgehead atoms. The molecule has 1 aromatic heterocycles. The van der Waals surface area contributed by atoms with E-state index >= 15 is 0 Å². The van der Waals surface area contributed by atoms with Gasteiger partial charge >= 0.3 is 0 Å². The van der Waals surface area contributed by atoms with Gasteiger partial charge in [0.1, 0.15) is 5.00 Å². The van der Waals surface area contributed by atoms with Crippen LogP contribution in [0.1, 0.15) is 44.5 Å². The number of carbonyl (C=O) groups is 2. The first-order valence-corrected chi connectivity index (χ1v) is 11.2. The third-order valence-electron chi connectivity index (χ3n) is 5.33. The largest absolute Gasteiger partial charge is 0.365 e. The number of nitrogens with one attached hydrogen (secondary N) is 2. The number of halogens is 1. The summed E-state index contributed by atoms with van der Waals surface area (Å²) in [4.78, 5) is 26.1. The average Bonchev–Trinajstić information content (AvgIpc) is 3.04. The number of primary amides is 1. The molecule has 0 radical (unpaired) electrons. The molecule has 1 aliphatic rings. The Hall–Kier alpha value is -2.48. The lowest BCUT2D eigenvalue weighted by Crippen LogP contribution is -2.34. The van der Waals surface area contributed by atoms with Gasteiger partial charge in [0.2, 0.25) is 0 Å². The average molecular weight is 458 g/mol. The van der Waals surface area contributed by atoms with Crippen LogP contribution in [0.3, 0.4) is 0 Å². The van der Waals surface area contributed by atoms with Crippen molar-refractivity contribution >= 4 is 67.9 Å².